The van der Waals surface area contributed by atoms with E-state index >= 15 is 0 Å². The number of anilines is 1. The minimum absolute atomic E-state index is 0.0685. The van der Waals surface area contributed by atoms with Gasteiger partial charge in [-0.3, -0.25) is 9.10 Å². The Morgan fingerprint density at radius 3 is 2.23 bits per heavy atom. The van der Waals surface area contributed by atoms with E-state index < -0.39 is 31.8 Å². The van der Waals surface area contributed by atoms with Crippen molar-refractivity contribution in [1.29, 1.82) is 0 Å². The first kappa shape index (κ1) is 23.8. The van der Waals surface area contributed by atoms with Crippen molar-refractivity contribution in [3.63, 3.8) is 0 Å². The van der Waals surface area contributed by atoms with E-state index in [0.717, 1.165) is 28.6 Å². The lowest BCUT2D eigenvalue weighted by molar-refractivity contribution is -0.137. The smallest absolute Gasteiger partial charge is 0.303 e. The average molecular weight is 459 g/mol. The zero-order chi connectivity index (χ0) is 22.7. The summed E-state index contributed by atoms with van der Waals surface area (Å²) >= 11 is 0. The van der Waals surface area contributed by atoms with Gasteiger partial charge in [0.1, 0.15) is 5.82 Å². The third kappa shape index (κ3) is 5.15. The topological polar surface area (TPSA) is 121 Å². The first-order valence-electron chi connectivity index (χ1n) is 8.94. The van der Waals surface area contributed by atoms with E-state index in [1.54, 1.807) is 6.92 Å². The molecule has 0 fully saturated rings. The van der Waals surface area contributed by atoms with Crippen LogP contribution in [0, 0.1) is 19.7 Å². The lowest BCUT2D eigenvalue weighted by Crippen LogP contribution is -2.30. The molecule has 164 valence electrons. The Kier molecular flexibility index (Phi) is 7.22. The van der Waals surface area contributed by atoms with Gasteiger partial charge in [0.15, 0.2) is 0 Å². The van der Waals surface area contributed by atoms with Crippen LogP contribution in [-0.2, 0) is 24.8 Å². The molecule has 0 spiro atoms. The summed E-state index contributed by atoms with van der Waals surface area (Å²) < 4.78 is 67.7. The molecular weight excluding hydrogens is 435 g/mol. The van der Waals surface area contributed by atoms with Gasteiger partial charge >= 0.3 is 5.97 Å². The highest BCUT2D eigenvalue weighted by molar-refractivity contribution is 7.92. The molecule has 30 heavy (non-hydrogen) atoms. The van der Waals surface area contributed by atoms with E-state index in [0.29, 0.717) is 5.56 Å². The minimum atomic E-state index is -4.06. The molecule has 8 nitrogen and oxygen atoms in total. The fourth-order valence-corrected chi connectivity index (χ4v) is 5.63. The quantitative estimate of drug-likeness (QED) is 0.557. The highest BCUT2D eigenvalue weighted by Gasteiger charge is 2.27. The number of halogens is 1. The third-order valence-electron chi connectivity index (χ3n) is 4.52. The fraction of sp³-hybridized carbons (Fsp3) is 0.316. The number of hydrogen-bond acceptors (Lipinski definition) is 5. The maximum atomic E-state index is 13.2. The molecule has 0 amide bonds. The number of nitrogens with zero attached hydrogens (tertiary/aromatic N) is 1. The zero-order valence-electron chi connectivity index (χ0n) is 16.7. The Bertz CT molecular complexity index is 1150. The lowest BCUT2D eigenvalue weighted by Gasteiger charge is -2.25. The Morgan fingerprint density at radius 1 is 1.07 bits per heavy atom. The maximum Gasteiger partial charge on any atom is 0.303 e. The van der Waals surface area contributed by atoms with Crippen LogP contribution < -0.4 is 9.03 Å². The van der Waals surface area contributed by atoms with Crippen LogP contribution in [0.5, 0.6) is 0 Å². The van der Waals surface area contributed by atoms with Gasteiger partial charge < -0.3 is 5.11 Å². The van der Waals surface area contributed by atoms with Crippen LogP contribution in [0.25, 0.3) is 0 Å². The first-order chi connectivity index (χ1) is 13.9. The second-order valence-corrected chi connectivity index (χ2v) is 10.4. The Balaban J connectivity index is 2.42. The number of rotatable bonds is 9. The van der Waals surface area contributed by atoms with Crippen LogP contribution in [0.4, 0.5) is 10.1 Å². The maximum absolute atomic E-state index is 13.2. The van der Waals surface area contributed by atoms with E-state index in [-0.39, 0.29) is 40.4 Å². The molecule has 2 N–H and O–H groups in total. The van der Waals surface area contributed by atoms with Crippen LogP contribution in [0.1, 0.15) is 24.0 Å². The van der Waals surface area contributed by atoms with Crippen molar-refractivity contribution in [2.75, 3.05) is 17.9 Å². The predicted molar refractivity (Wildman–Crippen MR) is 110 cm³/mol. The van der Waals surface area contributed by atoms with Gasteiger partial charge in [-0.15, -0.1) is 0 Å². The van der Waals surface area contributed by atoms with E-state index in [2.05, 4.69) is 4.72 Å². The van der Waals surface area contributed by atoms with Gasteiger partial charge in [-0.1, -0.05) is 6.07 Å². The number of carbonyl (C=O) groups is 1. The number of carboxylic acid groups (broad SMARTS) is 1. The molecule has 0 saturated heterocycles. The summed E-state index contributed by atoms with van der Waals surface area (Å²) in [5.41, 5.74) is 0.937. The Labute approximate surface area is 175 Å². The molecule has 2 aromatic rings. The van der Waals surface area contributed by atoms with Gasteiger partial charge in [-0.25, -0.2) is 25.9 Å². The van der Waals surface area contributed by atoms with Crippen molar-refractivity contribution in [1.82, 2.24) is 4.72 Å². The highest BCUT2D eigenvalue weighted by Crippen LogP contribution is 2.32. The zero-order valence-corrected chi connectivity index (χ0v) is 18.3. The van der Waals surface area contributed by atoms with Gasteiger partial charge in [0, 0.05) is 20.0 Å². The molecule has 2 aromatic carbocycles. The molecule has 2 rings (SSSR count). The summed E-state index contributed by atoms with van der Waals surface area (Å²) in [6, 6.07) is 7.19. The van der Waals surface area contributed by atoms with E-state index in [4.69, 9.17) is 5.11 Å². The van der Waals surface area contributed by atoms with E-state index in [9.17, 15) is 26.0 Å². The number of aliphatic carboxylic acids is 1. The van der Waals surface area contributed by atoms with E-state index in [1.165, 1.54) is 26.1 Å². The molecule has 0 radical (unpaired) electrons. The van der Waals surface area contributed by atoms with Crippen molar-refractivity contribution < 1.29 is 31.1 Å². The number of carboxylic acids is 1. The monoisotopic (exact) mass is 458 g/mol. The molecule has 11 heteroatoms. The molecule has 0 atom stereocenters. The van der Waals surface area contributed by atoms with E-state index in [1.807, 2.05) is 0 Å². The fourth-order valence-electron chi connectivity index (χ4n) is 3.00. The molecule has 0 heterocycles. The average Bonchev–Trinajstić information content (AvgIpc) is 2.65. The molecule has 0 unspecified atom stereocenters. The van der Waals surface area contributed by atoms with Gasteiger partial charge in [-0.2, -0.15) is 0 Å². The minimum Gasteiger partial charge on any atom is -0.481 e. The van der Waals surface area contributed by atoms with Crippen LogP contribution in [0.3, 0.4) is 0 Å². The summed E-state index contributed by atoms with van der Waals surface area (Å²) in [4.78, 5) is 10.3. The van der Waals surface area contributed by atoms with Gasteiger partial charge in [0.25, 0.3) is 10.0 Å². The third-order valence-corrected chi connectivity index (χ3v) is 7.90. The van der Waals surface area contributed by atoms with Crippen LogP contribution in [0.2, 0.25) is 0 Å². The second-order valence-electron chi connectivity index (χ2n) is 6.68. The number of hydrogen-bond donors (Lipinski definition) is 2. The summed E-state index contributed by atoms with van der Waals surface area (Å²) in [5, 5.41) is 8.66. The lowest BCUT2D eigenvalue weighted by atomic mass is 10.1. The molecular formula is C19H23FN2O6S2. The first-order valence-corrected chi connectivity index (χ1v) is 11.9. The predicted octanol–water partition coefficient (Wildman–Crippen LogP) is 2.41. The summed E-state index contributed by atoms with van der Waals surface area (Å²) in [7, 11) is -6.76. The SMILES string of the molecule is Cc1ccc(S(=O)(=O)NCCCC(=O)O)c(C)c1N(C)S(=O)(=O)c1ccc(F)cc1. The van der Waals surface area contributed by atoms with Crippen LogP contribution in [0.15, 0.2) is 46.2 Å². The standard InChI is InChI=1S/C19H23FN2O6S2/c1-13-6-11-17(29(25,26)21-12-4-5-18(23)24)14(2)19(13)22(3)30(27,28)16-9-7-15(20)8-10-16/h6-11,21H,4-5,12H2,1-3H3,(H,23,24). The number of benzene rings is 2. The van der Waals surface area contributed by atoms with Crippen molar-refractivity contribution in [3.05, 3.63) is 53.3 Å². The second kappa shape index (κ2) is 9.11. The highest BCUT2D eigenvalue weighted by atomic mass is 32.2. The largest absolute Gasteiger partial charge is 0.481 e. The Morgan fingerprint density at radius 2 is 1.67 bits per heavy atom. The van der Waals surface area contributed by atoms with Gasteiger partial charge in [0.05, 0.1) is 15.5 Å². The van der Waals surface area contributed by atoms with Crippen molar-refractivity contribution >= 4 is 31.7 Å². The van der Waals surface area contributed by atoms with Gasteiger partial charge in [-0.05, 0) is 61.7 Å². The summed E-state index contributed by atoms with van der Waals surface area (Å²) in [6.07, 6.45) is -0.0650. The van der Waals surface area contributed by atoms with Crippen LogP contribution in [-0.4, -0.2) is 41.5 Å². The molecule has 0 saturated carbocycles. The molecule has 0 bridgehead atoms. The Hall–Kier alpha value is -2.50. The van der Waals surface area contributed by atoms with Gasteiger partial charge in [0.2, 0.25) is 10.0 Å². The van der Waals surface area contributed by atoms with Crippen molar-refractivity contribution in [2.45, 2.75) is 36.5 Å². The van der Waals surface area contributed by atoms with Crippen LogP contribution >= 0.6 is 0 Å². The number of nitrogens with one attached hydrogen (secondary N) is 1. The molecule has 0 aliphatic heterocycles. The molecule has 0 aromatic heterocycles. The molecule has 0 aliphatic carbocycles. The normalized spacial score (nSPS) is 12.0. The number of aryl methyl sites for hydroxylation is 1. The molecule has 0 aliphatic rings. The number of sulfonamides is 2. The summed E-state index contributed by atoms with van der Waals surface area (Å²) in [6.45, 7) is 3.07. The summed E-state index contributed by atoms with van der Waals surface area (Å²) in [5.74, 6) is -1.61. The van der Waals surface area contributed by atoms with Crippen molar-refractivity contribution in [3.8, 4) is 0 Å². The van der Waals surface area contributed by atoms with Crippen molar-refractivity contribution in [2.24, 2.45) is 0 Å².